The summed E-state index contributed by atoms with van der Waals surface area (Å²) >= 11 is 6.63. The van der Waals surface area contributed by atoms with Crippen molar-refractivity contribution >= 4 is 58.2 Å². The minimum atomic E-state index is -0.720. The third kappa shape index (κ3) is 2.89. The van der Waals surface area contributed by atoms with Crippen LogP contribution in [0.5, 0.6) is 0 Å². The van der Waals surface area contributed by atoms with E-state index in [0.29, 0.717) is 16.3 Å². The second-order valence-corrected chi connectivity index (χ2v) is 7.68. The Morgan fingerprint density at radius 3 is 2.88 bits per heavy atom. The van der Waals surface area contributed by atoms with E-state index >= 15 is 0 Å². The van der Waals surface area contributed by atoms with Crippen molar-refractivity contribution in [3.8, 4) is 0 Å². The van der Waals surface area contributed by atoms with Gasteiger partial charge in [0.1, 0.15) is 40.5 Å². The number of rotatable bonds is 5. The number of nitrogens with one attached hydrogen (secondary N) is 1. The first kappa shape index (κ1) is 17.1. The summed E-state index contributed by atoms with van der Waals surface area (Å²) < 4.78 is 1.25. The fraction of sp³-hybridized carbons (Fsp3) is 0.333. The number of hydrogen-bond acceptors (Lipinski definition) is 10. The largest absolute Gasteiger partial charge is 0.340 e. The molecule has 0 radical (unpaired) electrons. The lowest BCUT2D eigenvalue weighted by atomic mass is 10.0. The number of tetrazole rings is 1. The van der Waals surface area contributed by atoms with Gasteiger partial charge in [-0.05, 0) is 10.4 Å². The van der Waals surface area contributed by atoms with Crippen LogP contribution in [-0.4, -0.2) is 69.4 Å². The van der Waals surface area contributed by atoms with Gasteiger partial charge in [0.25, 0.3) is 5.91 Å². The van der Waals surface area contributed by atoms with Gasteiger partial charge in [0.15, 0.2) is 0 Å². The first-order valence-electron chi connectivity index (χ1n) is 7.24. The SMILES string of the molecule is O=C(Cn1cnnn1)N[C@@H]1C(=O)N2C(C(=O)S)=C(c3nncs3)CS[C@H]12. The Morgan fingerprint density at radius 2 is 2.23 bits per heavy atom. The topological polar surface area (TPSA) is 136 Å². The van der Waals surface area contributed by atoms with Gasteiger partial charge in [-0.2, -0.15) is 0 Å². The third-order valence-electron chi connectivity index (χ3n) is 3.80. The Balaban J connectivity index is 1.52. The monoisotopic (exact) mass is 410 g/mol. The molecule has 2 aliphatic heterocycles. The van der Waals surface area contributed by atoms with E-state index in [9.17, 15) is 14.4 Å². The van der Waals surface area contributed by atoms with Gasteiger partial charge < -0.3 is 5.32 Å². The Kier molecular flexibility index (Phi) is 4.46. The molecule has 0 aliphatic carbocycles. The lowest BCUT2D eigenvalue weighted by Gasteiger charge is -2.49. The molecule has 2 aromatic rings. The highest BCUT2D eigenvalue weighted by atomic mass is 32.2. The molecule has 1 saturated heterocycles. The molecule has 1 fully saturated rings. The lowest BCUT2D eigenvalue weighted by Crippen LogP contribution is -2.70. The van der Waals surface area contributed by atoms with Gasteiger partial charge in [-0.15, -0.1) is 38.4 Å². The zero-order chi connectivity index (χ0) is 18.3. The molecule has 0 spiro atoms. The van der Waals surface area contributed by atoms with Crippen molar-refractivity contribution in [1.82, 2.24) is 40.6 Å². The van der Waals surface area contributed by atoms with Crippen molar-refractivity contribution < 1.29 is 14.4 Å². The van der Waals surface area contributed by atoms with Gasteiger partial charge in [-0.25, -0.2) is 4.68 Å². The fourth-order valence-electron chi connectivity index (χ4n) is 2.71. The molecule has 0 aromatic carbocycles. The smallest absolute Gasteiger partial charge is 0.253 e. The van der Waals surface area contributed by atoms with Crippen LogP contribution < -0.4 is 5.32 Å². The zero-order valence-electron chi connectivity index (χ0n) is 12.8. The number of amides is 2. The number of aromatic nitrogens is 6. The summed E-state index contributed by atoms with van der Waals surface area (Å²) in [6, 6.07) is -0.720. The summed E-state index contributed by atoms with van der Waals surface area (Å²) in [5.41, 5.74) is 2.38. The quantitative estimate of drug-likeness (QED) is 0.460. The van der Waals surface area contributed by atoms with Crippen LogP contribution in [-0.2, 0) is 20.9 Å². The molecule has 11 nitrogen and oxygen atoms in total. The molecule has 2 aliphatic rings. The van der Waals surface area contributed by atoms with Crippen LogP contribution in [0.2, 0.25) is 0 Å². The Hall–Kier alpha value is -2.32. The van der Waals surface area contributed by atoms with E-state index in [0.717, 1.165) is 0 Å². The van der Waals surface area contributed by atoms with Crippen LogP contribution in [0.3, 0.4) is 0 Å². The van der Waals surface area contributed by atoms with Crippen LogP contribution in [0.4, 0.5) is 0 Å². The Labute approximate surface area is 159 Å². The van der Waals surface area contributed by atoms with Crippen molar-refractivity contribution in [2.24, 2.45) is 0 Å². The molecule has 0 bridgehead atoms. The van der Waals surface area contributed by atoms with E-state index in [-0.39, 0.29) is 23.5 Å². The van der Waals surface area contributed by atoms with Crippen LogP contribution in [0.15, 0.2) is 17.5 Å². The third-order valence-corrected chi connectivity index (χ3v) is 6.05. The van der Waals surface area contributed by atoms with Crippen molar-refractivity contribution in [3.05, 3.63) is 22.5 Å². The van der Waals surface area contributed by atoms with Gasteiger partial charge in [0, 0.05) is 11.3 Å². The number of fused-ring (bicyclic) bond motifs is 1. The van der Waals surface area contributed by atoms with E-state index in [1.165, 1.54) is 39.0 Å². The standard InChI is InChI=1S/C12H10N8O3S3/c21-6(1-19-3-13-17-18-19)15-7-10(22)20-8(12(23)24)5(2-25-11(7)20)9-16-14-4-26-9/h3-4,7,11H,1-2H2,(H,15,21)(H,23,24)/t7-,11-/m1/s1. The molecule has 0 unspecified atom stereocenters. The van der Waals surface area contributed by atoms with E-state index < -0.39 is 17.1 Å². The molecule has 1 N–H and O–H groups in total. The maximum absolute atomic E-state index is 12.6. The summed E-state index contributed by atoms with van der Waals surface area (Å²) in [7, 11) is 0. The Morgan fingerprint density at radius 1 is 1.38 bits per heavy atom. The molecule has 14 heteroatoms. The summed E-state index contributed by atoms with van der Waals surface area (Å²) in [5.74, 6) is -0.301. The summed E-state index contributed by atoms with van der Waals surface area (Å²) in [5, 5.41) is 20.6. The number of thioether (sulfide) groups is 1. The van der Waals surface area contributed by atoms with Gasteiger partial charge >= 0.3 is 0 Å². The van der Waals surface area contributed by atoms with E-state index in [1.807, 2.05) is 0 Å². The molecule has 4 heterocycles. The highest BCUT2D eigenvalue weighted by Crippen LogP contribution is 2.43. The van der Waals surface area contributed by atoms with E-state index in [4.69, 9.17) is 0 Å². The molecule has 2 atom stereocenters. The minimum absolute atomic E-state index is 0.0988. The van der Waals surface area contributed by atoms with Crippen molar-refractivity contribution in [2.75, 3.05) is 5.75 Å². The predicted molar refractivity (Wildman–Crippen MR) is 93.7 cm³/mol. The van der Waals surface area contributed by atoms with Crippen molar-refractivity contribution in [3.63, 3.8) is 0 Å². The molecule has 26 heavy (non-hydrogen) atoms. The molecule has 2 amide bonds. The average molecular weight is 410 g/mol. The van der Waals surface area contributed by atoms with E-state index in [2.05, 4.69) is 43.7 Å². The molecule has 134 valence electrons. The van der Waals surface area contributed by atoms with Crippen LogP contribution >= 0.6 is 35.7 Å². The van der Waals surface area contributed by atoms with Gasteiger partial charge in [-0.3, -0.25) is 19.3 Å². The Bertz CT molecular complexity index is 897. The van der Waals surface area contributed by atoms with Gasteiger partial charge in [-0.1, -0.05) is 12.6 Å². The van der Waals surface area contributed by atoms with Crippen molar-refractivity contribution in [1.29, 1.82) is 0 Å². The van der Waals surface area contributed by atoms with Crippen LogP contribution in [0, 0.1) is 0 Å². The molecule has 2 aromatic heterocycles. The van der Waals surface area contributed by atoms with E-state index in [1.54, 1.807) is 5.51 Å². The number of β-lactam (4-membered cyclic amide) rings is 1. The second kappa shape index (κ2) is 6.77. The number of carbonyl (C=O) groups is 3. The first-order valence-corrected chi connectivity index (χ1v) is 9.61. The number of hydrogen-bond donors (Lipinski definition) is 2. The lowest BCUT2D eigenvalue weighted by molar-refractivity contribution is -0.146. The van der Waals surface area contributed by atoms with Crippen molar-refractivity contribution in [2.45, 2.75) is 18.0 Å². The highest BCUT2D eigenvalue weighted by Gasteiger charge is 2.54. The van der Waals surface area contributed by atoms with Crippen LogP contribution in [0.25, 0.3) is 5.57 Å². The molecule has 4 rings (SSSR count). The number of thiol groups is 1. The van der Waals surface area contributed by atoms with Gasteiger partial charge in [0.05, 0.1) is 0 Å². The number of carbonyl (C=O) groups excluding carboxylic acids is 3. The maximum atomic E-state index is 12.6. The molecule has 0 saturated carbocycles. The van der Waals surface area contributed by atoms with Gasteiger partial charge in [0.2, 0.25) is 11.0 Å². The maximum Gasteiger partial charge on any atom is 0.253 e. The number of nitrogens with zero attached hydrogens (tertiary/aromatic N) is 7. The van der Waals surface area contributed by atoms with Crippen LogP contribution in [0.1, 0.15) is 5.01 Å². The second-order valence-electron chi connectivity index (χ2n) is 5.34. The fourth-order valence-corrected chi connectivity index (χ4v) is 4.99. The first-order chi connectivity index (χ1) is 12.6. The normalized spacial score (nSPS) is 22.0. The summed E-state index contributed by atoms with van der Waals surface area (Å²) in [6.07, 6.45) is 1.30. The zero-order valence-corrected chi connectivity index (χ0v) is 15.4. The average Bonchev–Trinajstić information content (AvgIpc) is 3.32. The highest BCUT2D eigenvalue weighted by molar-refractivity contribution is 8.00. The molecular formula is C12H10N8O3S3. The summed E-state index contributed by atoms with van der Waals surface area (Å²) in [4.78, 5) is 38.0. The minimum Gasteiger partial charge on any atom is -0.340 e. The predicted octanol–water partition coefficient (Wildman–Crippen LogP) is -1.21. The summed E-state index contributed by atoms with van der Waals surface area (Å²) in [6.45, 7) is -0.0988. The molecular weight excluding hydrogens is 400 g/mol.